The van der Waals surface area contributed by atoms with Crippen LogP contribution in [0.1, 0.15) is 47.8 Å². The number of para-hydroxylation sites is 1. The van der Waals surface area contributed by atoms with E-state index in [0.29, 0.717) is 5.92 Å². The molecule has 0 atom stereocenters. The molecule has 0 aliphatic carbocycles. The van der Waals surface area contributed by atoms with Gasteiger partial charge in [-0.25, -0.2) is 4.98 Å². The van der Waals surface area contributed by atoms with Gasteiger partial charge in [0.2, 0.25) is 0 Å². The van der Waals surface area contributed by atoms with Gasteiger partial charge in [0.05, 0.1) is 11.3 Å². The van der Waals surface area contributed by atoms with Crippen molar-refractivity contribution in [3.8, 4) is 28.4 Å². The maximum Gasteiger partial charge on any atom is 0.143 e. The molecule has 2 heterocycles. The van der Waals surface area contributed by atoms with Gasteiger partial charge in [-0.1, -0.05) is 58.0 Å². The minimum absolute atomic E-state index is 0. The van der Waals surface area contributed by atoms with Crippen molar-refractivity contribution in [3.05, 3.63) is 101 Å². The van der Waals surface area contributed by atoms with Crippen LogP contribution in [-0.4, -0.2) is 19.6 Å². The fourth-order valence-electron chi connectivity index (χ4n) is 4.41. The molecule has 0 amide bonds. The van der Waals surface area contributed by atoms with E-state index in [1.165, 1.54) is 21.9 Å². The van der Waals surface area contributed by atoms with E-state index < -0.39 is 0 Å². The number of aromatic nitrogens is 3. The van der Waals surface area contributed by atoms with E-state index in [2.05, 4.69) is 80.1 Å². The summed E-state index contributed by atoms with van der Waals surface area (Å²) in [5.74, 6) is 1.62. The minimum Gasteiger partial charge on any atom is -0.507 e. The molecule has 0 spiro atoms. The van der Waals surface area contributed by atoms with Crippen molar-refractivity contribution in [2.45, 2.75) is 47.5 Å². The molecule has 0 aliphatic heterocycles. The summed E-state index contributed by atoms with van der Waals surface area (Å²) in [6, 6.07) is 23.7. The van der Waals surface area contributed by atoms with E-state index >= 15 is 0 Å². The van der Waals surface area contributed by atoms with Gasteiger partial charge in [-0.05, 0) is 60.0 Å². The Balaban J connectivity index is 0.000000211. The maximum atomic E-state index is 9.74. The number of aryl methyl sites for hydroxylation is 3. The van der Waals surface area contributed by atoms with Crippen molar-refractivity contribution in [1.82, 2.24) is 14.5 Å². The molecule has 1 N–H and O–H groups in total. The molecule has 2 aromatic heterocycles. The van der Waals surface area contributed by atoms with Crippen LogP contribution in [0, 0.1) is 33.8 Å². The van der Waals surface area contributed by atoms with Crippen LogP contribution in [0.4, 0.5) is 0 Å². The summed E-state index contributed by atoms with van der Waals surface area (Å²) >= 11 is 0. The molecule has 0 saturated heterocycles. The van der Waals surface area contributed by atoms with Crippen LogP contribution in [0.3, 0.4) is 0 Å². The van der Waals surface area contributed by atoms with Crippen molar-refractivity contribution in [2.75, 3.05) is 0 Å². The van der Waals surface area contributed by atoms with Crippen molar-refractivity contribution in [1.29, 1.82) is 0 Å². The van der Waals surface area contributed by atoms with Gasteiger partial charge in [0, 0.05) is 39.0 Å². The maximum absolute atomic E-state index is 9.74. The van der Waals surface area contributed by atoms with Gasteiger partial charge in [0.1, 0.15) is 11.6 Å². The number of hydrogen-bond acceptors (Lipinski definition) is 3. The molecule has 3 aromatic carbocycles. The zero-order valence-corrected chi connectivity index (χ0v) is 24.9. The van der Waals surface area contributed by atoms with Crippen LogP contribution >= 0.6 is 0 Å². The molecule has 5 heteroatoms. The standard InChI is InChI=1S/C20H20N.C12H14N2O.Ir/c1-13(2)16-5-6-19-17(12-16)7-8-21-20(19)18-10-14(3)9-15(4)11-18;1-8-9(2)14(3)12(13-8)10-6-4-5-7-11(10)15;/h5-10,12-13H,1-4H3;4-7,15H,1-3H3;/q-1;;. The topological polar surface area (TPSA) is 50.9 Å². The van der Waals surface area contributed by atoms with Gasteiger partial charge in [0.25, 0.3) is 0 Å². The Morgan fingerprint density at radius 1 is 0.919 bits per heavy atom. The molecule has 5 rings (SSSR count). The first-order chi connectivity index (χ1) is 17.2. The average molecular weight is 669 g/mol. The Bertz CT molecular complexity index is 1510. The molecule has 0 fully saturated rings. The molecule has 1 radical (unpaired) electrons. The number of aromatic hydroxyl groups is 1. The van der Waals surface area contributed by atoms with E-state index in [9.17, 15) is 5.11 Å². The first-order valence-corrected chi connectivity index (χ1v) is 12.3. The Hall–Kier alpha value is -3.27. The second kappa shape index (κ2) is 11.9. The van der Waals surface area contributed by atoms with Crippen LogP contribution in [0.2, 0.25) is 0 Å². The first kappa shape index (κ1) is 28.3. The van der Waals surface area contributed by atoms with Gasteiger partial charge in [-0.15, -0.1) is 34.9 Å². The number of phenols is 1. The first-order valence-electron chi connectivity index (χ1n) is 12.3. The Labute approximate surface area is 233 Å². The number of benzene rings is 3. The third kappa shape index (κ3) is 6.18. The summed E-state index contributed by atoms with van der Waals surface area (Å²) in [6.07, 6.45) is 1.90. The molecule has 0 saturated carbocycles. The molecule has 193 valence electrons. The number of imidazole rings is 1. The largest absolute Gasteiger partial charge is 0.507 e. The van der Waals surface area contributed by atoms with Crippen LogP contribution in [0.15, 0.2) is 66.9 Å². The van der Waals surface area contributed by atoms with Crippen molar-refractivity contribution >= 4 is 10.8 Å². The monoisotopic (exact) mass is 669 g/mol. The van der Waals surface area contributed by atoms with Gasteiger partial charge in [0.15, 0.2) is 0 Å². The van der Waals surface area contributed by atoms with Crippen molar-refractivity contribution in [3.63, 3.8) is 0 Å². The summed E-state index contributed by atoms with van der Waals surface area (Å²) in [7, 11) is 1.96. The summed E-state index contributed by atoms with van der Waals surface area (Å²) < 4.78 is 1.99. The van der Waals surface area contributed by atoms with Crippen LogP contribution in [0.5, 0.6) is 5.75 Å². The summed E-state index contributed by atoms with van der Waals surface area (Å²) in [5, 5.41) is 12.2. The van der Waals surface area contributed by atoms with Gasteiger partial charge >= 0.3 is 0 Å². The molecule has 0 bridgehead atoms. The van der Waals surface area contributed by atoms with Gasteiger partial charge in [-0.3, -0.25) is 0 Å². The number of fused-ring (bicyclic) bond motifs is 1. The van der Waals surface area contributed by atoms with E-state index in [0.717, 1.165) is 39.6 Å². The number of hydrogen-bond donors (Lipinski definition) is 1. The normalized spacial score (nSPS) is 10.7. The van der Waals surface area contributed by atoms with E-state index in [4.69, 9.17) is 0 Å². The van der Waals surface area contributed by atoms with Crippen LogP contribution in [0.25, 0.3) is 33.4 Å². The number of phenolic OH excluding ortho intramolecular Hbond substituents is 1. The smallest absolute Gasteiger partial charge is 0.143 e. The van der Waals surface area contributed by atoms with Crippen molar-refractivity contribution in [2.24, 2.45) is 7.05 Å². The number of pyridine rings is 1. The van der Waals surface area contributed by atoms with E-state index in [1.807, 2.05) is 49.9 Å². The average Bonchev–Trinajstić information content (AvgIpc) is 3.10. The number of rotatable bonds is 3. The van der Waals surface area contributed by atoms with Crippen molar-refractivity contribution < 1.29 is 25.2 Å². The molecular formula is C32H34IrN3O-. The zero-order chi connectivity index (χ0) is 26.0. The minimum atomic E-state index is 0. The summed E-state index contributed by atoms with van der Waals surface area (Å²) in [5.41, 5.74) is 8.76. The Morgan fingerprint density at radius 2 is 1.65 bits per heavy atom. The van der Waals surface area contributed by atoms with Gasteiger partial charge < -0.3 is 14.7 Å². The number of nitrogens with zero attached hydrogens (tertiary/aromatic N) is 3. The molecule has 5 aromatic rings. The Morgan fingerprint density at radius 3 is 2.27 bits per heavy atom. The fraction of sp³-hybridized carbons (Fsp3) is 0.250. The summed E-state index contributed by atoms with van der Waals surface area (Å²) in [6.45, 7) is 12.6. The molecular weight excluding hydrogens is 635 g/mol. The zero-order valence-electron chi connectivity index (χ0n) is 22.6. The molecule has 0 unspecified atom stereocenters. The third-order valence-electron chi connectivity index (χ3n) is 6.62. The predicted molar refractivity (Wildman–Crippen MR) is 149 cm³/mol. The third-order valence-corrected chi connectivity index (χ3v) is 6.62. The molecule has 37 heavy (non-hydrogen) atoms. The van der Waals surface area contributed by atoms with E-state index in [1.54, 1.807) is 6.07 Å². The summed E-state index contributed by atoms with van der Waals surface area (Å²) in [4.78, 5) is 9.05. The molecule has 4 nitrogen and oxygen atoms in total. The second-order valence-electron chi connectivity index (χ2n) is 9.73. The SMILES string of the molecule is Cc1[c-]c(-c2nccc3cc(C(C)C)ccc23)cc(C)c1.Cc1nc(-c2ccccc2O)n(C)c1C.[Ir]. The van der Waals surface area contributed by atoms with E-state index in [-0.39, 0.29) is 25.9 Å². The van der Waals surface area contributed by atoms with Gasteiger partial charge in [-0.2, -0.15) is 0 Å². The van der Waals surface area contributed by atoms with Crippen LogP contribution < -0.4 is 0 Å². The second-order valence-corrected chi connectivity index (χ2v) is 9.73. The fourth-order valence-corrected chi connectivity index (χ4v) is 4.41. The van der Waals surface area contributed by atoms with Crippen LogP contribution in [-0.2, 0) is 27.2 Å². The Kier molecular flexibility index (Phi) is 9.07. The predicted octanol–water partition coefficient (Wildman–Crippen LogP) is 7.85. The quantitative estimate of drug-likeness (QED) is 0.199. The molecule has 0 aliphatic rings.